The number of methoxy groups -OCH3 is 1. The summed E-state index contributed by atoms with van der Waals surface area (Å²) in [4.78, 5) is 16.8. The fraction of sp³-hybridized carbons (Fsp3) is 0.238. The highest BCUT2D eigenvalue weighted by Crippen LogP contribution is 2.44. The molecule has 1 unspecified atom stereocenters. The Morgan fingerprint density at radius 1 is 1.28 bits per heavy atom. The van der Waals surface area contributed by atoms with Crippen molar-refractivity contribution in [2.45, 2.75) is 12.3 Å². The van der Waals surface area contributed by atoms with Crippen molar-refractivity contribution in [3.8, 4) is 17.6 Å². The van der Waals surface area contributed by atoms with Gasteiger partial charge >= 0.3 is 0 Å². The number of ether oxygens (including phenoxy) is 1. The molecule has 2 aromatic rings. The molecule has 0 aromatic heterocycles. The van der Waals surface area contributed by atoms with Gasteiger partial charge in [0.25, 0.3) is 0 Å². The second kappa shape index (κ2) is 8.01. The lowest BCUT2D eigenvalue weighted by atomic mass is 9.86. The molecule has 6 nitrogen and oxygen atoms in total. The maximum absolute atomic E-state index is 13.0. The maximum Gasteiger partial charge on any atom is 0.229 e. The number of fused-ring (bicyclic) bond motifs is 1. The molecule has 1 fully saturated rings. The lowest BCUT2D eigenvalue weighted by Crippen LogP contribution is -2.47. The summed E-state index contributed by atoms with van der Waals surface area (Å²) in [6, 6.07) is 15.2. The van der Waals surface area contributed by atoms with Crippen molar-refractivity contribution in [2.24, 2.45) is 0 Å². The van der Waals surface area contributed by atoms with Gasteiger partial charge in [-0.15, -0.1) is 0 Å². The Balaban J connectivity index is 1.66. The predicted octanol–water partition coefficient (Wildman–Crippen LogP) is 4.38. The van der Waals surface area contributed by atoms with Crippen molar-refractivity contribution >= 4 is 39.3 Å². The summed E-state index contributed by atoms with van der Waals surface area (Å²) in [5, 5.41) is 20.5. The summed E-state index contributed by atoms with van der Waals surface area (Å²) in [5.41, 5.74) is 2.39. The van der Waals surface area contributed by atoms with Crippen LogP contribution in [0.2, 0.25) is 0 Å². The zero-order valence-electron chi connectivity index (χ0n) is 15.6. The van der Waals surface area contributed by atoms with Gasteiger partial charge in [0, 0.05) is 22.5 Å². The van der Waals surface area contributed by atoms with Crippen LogP contribution in [0.3, 0.4) is 0 Å². The average molecular weight is 472 g/mol. The first-order chi connectivity index (χ1) is 14.0. The minimum Gasteiger partial charge on any atom is -0.504 e. The third-order valence-electron chi connectivity index (χ3n) is 5.09. The minimum absolute atomic E-state index is 0.0228. The third-order valence-corrected chi connectivity index (χ3v) is 6.77. The number of hydrogen-bond acceptors (Lipinski definition) is 6. The normalized spacial score (nSPS) is 19.1. The first-order valence-electron chi connectivity index (χ1n) is 8.96. The maximum atomic E-state index is 13.0. The van der Waals surface area contributed by atoms with Gasteiger partial charge in [-0.25, -0.2) is 0 Å². The van der Waals surface area contributed by atoms with E-state index >= 15 is 0 Å². The van der Waals surface area contributed by atoms with Gasteiger partial charge in [0.1, 0.15) is 0 Å². The molecule has 2 heterocycles. The number of thioether (sulfide) groups is 1. The molecule has 1 N–H and O–H groups in total. The van der Waals surface area contributed by atoms with Crippen LogP contribution in [0.25, 0.3) is 0 Å². The van der Waals surface area contributed by atoms with Gasteiger partial charge in [-0.2, -0.15) is 5.26 Å². The fourth-order valence-electron chi connectivity index (χ4n) is 3.57. The molecule has 2 aliphatic heterocycles. The summed E-state index contributed by atoms with van der Waals surface area (Å²) in [7, 11) is 1.48. The molecule has 2 aliphatic rings. The number of anilines is 1. The Hall–Kier alpha value is -2.63. The molecule has 8 heteroatoms. The summed E-state index contributed by atoms with van der Waals surface area (Å²) in [5.74, 6) is 0.642. The highest BCUT2D eigenvalue weighted by Gasteiger charge is 2.38. The Labute approximate surface area is 181 Å². The lowest BCUT2D eigenvalue weighted by Gasteiger charge is -2.42. The van der Waals surface area contributed by atoms with Crippen LogP contribution in [0.15, 0.2) is 57.5 Å². The van der Waals surface area contributed by atoms with E-state index in [4.69, 9.17) is 4.74 Å². The number of rotatable bonds is 3. The number of phenols is 1. The number of amides is 1. The summed E-state index contributed by atoms with van der Waals surface area (Å²) in [6.45, 7) is 0.416. The van der Waals surface area contributed by atoms with E-state index in [9.17, 15) is 15.2 Å². The third kappa shape index (κ3) is 3.68. The summed E-state index contributed by atoms with van der Waals surface area (Å²) in [6.07, 6.45) is 0.203. The molecule has 0 bridgehead atoms. The molecule has 29 heavy (non-hydrogen) atoms. The van der Waals surface area contributed by atoms with E-state index in [1.54, 1.807) is 17.0 Å². The Kier molecular flexibility index (Phi) is 5.43. The quantitative estimate of drug-likeness (QED) is 0.715. The van der Waals surface area contributed by atoms with E-state index in [1.165, 1.54) is 24.9 Å². The van der Waals surface area contributed by atoms with Gasteiger partial charge in [-0.1, -0.05) is 33.8 Å². The zero-order valence-corrected chi connectivity index (χ0v) is 18.0. The highest BCUT2D eigenvalue weighted by molar-refractivity contribution is 9.10. The van der Waals surface area contributed by atoms with Crippen molar-refractivity contribution in [3.05, 3.63) is 63.1 Å². The van der Waals surface area contributed by atoms with E-state index in [-0.39, 0.29) is 24.0 Å². The molecular formula is C21H18BrN3O3S. The molecule has 0 spiro atoms. The predicted molar refractivity (Wildman–Crippen MR) is 115 cm³/mol. The second-order valence-corrected chi connectivity index (χ2v) is 8.62. The first kappa shape index (κ1) is 19.7. The van der Waals surface area contributed by atoms with Gasteiger partial charge in [0.2, 0.25) is 5.91 Å². The van der Waals surface area contributed by atoms with E-state index in [0.29, 0.717) is 28.9 Å². The second-order valence-electron chi connectivity index (χ2n) is 6.77. The van der Waals surface area contributed by atoms with E-state index in [0.717, 1.165) is 15.7 Å². The minimum atomic E-state index is -0.347. The number of hydrogen-bond donors (Lipinski definition) is 1. The van der Waals surface area contributed by atoms with Crippen LogP contribution in [0.4, 0.5) is 5.69 Å². The Morgan fingerprint density at radius 3 is 2.72 bits per heavy atom. The topological polar surface area (TPSA) is 76.8 Å². The van der Waals surface area contributed by atoms with Crippen LogP contribution in [-0.2, 0) is 4.79 Å². The monoisotopic (exact) mass is 471 g/mol. The molecule has 0 saturated carbocycles. The van der Waals surface area contributed by atoms with E-state index < -0.39 is 0 Å². The van der Waals surface area contributed by atoms with Crippen molar-refractivity contribution in [2.75, 3.05) is 24.6 Å². The van der Waals surface area contributed by atoms with Gasteiger partial charge in [0.15, 0.2) is 11.5 Å². The van der Waals surface area contributed by atoms with Gasteiger partial charge in [0.05, 0.1) is 36.3 Å². The molecule has 148 valence electrons. The van der Waals surface area contributed by atoms with Crippen LogP contribution < -0.4 is 9.64 Å². The average Bonchev–Trinajstić information content (AvgIpc) is 2.74. The number of nitriles is 1. The summed E-state index contributed by atoms with van der Waals surface area (Å²) >= 11 is 4.94. The number of halogens is 1. The number of allylic oxidation sites excluding steroid dienone is 1. The van der Waals surface area contributed by atoms with Gasteiger partial charge < -0.3 is 14.7 Å². The van der Waals surface area contributed by atoms with E-state index in [1.807, 2.05) is 24.3 Å². The first-order valence-corrected chi connectivity index (χ1v) is 10.7. The fourth-order valence-corrected chi connectivity index (χ4v) is 5.01. The molecule has 2 aromatic carbocycles. The Morgan fingerprint density at radius 2 is 2.03 bits per heavy atom. The van der Waals surface area contributed by atoms with Crippen LogP contribution in [0.5, 0.6) is 11.5 Å². The SMILES string of the molecule is COc1cc(C2CC(=O)N3CN(c4ccc(Br)cc4)CSC3=C2C#N)ccc1O. The van der Waals surface area contributed by atoms with Crippen LogP contribution in [0.1, 0.15) is 17.9 Å². The molecule has 4 rings (SSSR count). The molecule has 1 saturated heterocycles. The van der Waals surface area contributed by atoms with Crippen LogP contribution >= 0.6 is 27.7 Å². The number of aromatic hydroxyl groups is 1. The standard InChI is InChI=1S/C21H18BrN3O3S/c1-28-19-8-13(2-7-18(19)26)16-9-20(27)25-11-24(12-29-21(25)17(16)10-23)15-5-3-14(22)4-6-15/h2-8,16,26H,9,11-12H2,1H3. The van der Waals surface area contributed by atoms with Crippen LogP contribution in [0, 0.1) is 11.3 Å². The van der Waals surface area contributed by atoms with Crippen LogP contribution in [-0.4, -0.2) is 35.6 Å². The van der Waals surface area contributed by atoms with Crippen molar-refractivity contribution in [1.82, 2.24) is 4.90 Å². The lowest BCUT2D eigenvalue weighted by molar-refractivity contribution is -0.129. The molecule has 0 aliphatic carbocycles. The van der Waals surface area contributed by atoms with Gasteiger partial charge in [-0.05, 0) is 42.0 Å². The highest BCUT2D eigenvalue weighted by atomic mass is 79.9. The Bertz CT molecular complexity index is 1030. The zero-order chi connectivity index (χ0) is 20.5. The van der Waals surface area contributed by atoms with Crippen molar-refractivity contribution in [1.29, 1.82) is 5.26 Å². The van der Waals surface area contributed by atoms with Crippen molar-refractivity contribution in [3.63, 3.8) is 0 Å². The molecule has 1 atom stereocenters. The number of benzene rings is 2. The number of carbonyl (C=O) groups is 1. The van der Waals surface area contributed by atoms with Crippen molar-refractivity contribution < 1.29 is 14.6 Å². The largest absolute Gasteiger partial charge is 0.504 e. The molecular weight excluding hydrogens is 454 g/mol. The smallest absolute Gasteiger partial charge is 0.229 e. The van der Waals surface area contributed by atoms with Gasteiger partial charge in [-0.3, -0.25) is 9.69 Å². The number of carbonyl (C=O) groups excluding carboxylic acids is 1. The summed E-state index contributed by atoms with van der Waals surface area (Å²) < 4.78 is 6.19. The molecule has 1 amide bonds. The number of nitrogens with zero attached hydrogens (tertiary/aromatic N) is 3. The number of phenolic OH excluding ortho intramolecular Hbond substituents is 1. The van der Waals surface area contributed by atoms with E-state index in [2.05, 4.69) is 26.9 Å². The molecule has 0 radical (unpaired) electrons.